The summed E-state index contributed by atoms with van der Waals surface area (Å²) < 4.78 is 24.3. The van der Waals surface area contributed by atoms with Crippen molar-refractivity contribution in [2.75, 3.05) is 39.4 Å². The molecule has 2 aromatic carbocycles. The molecule has 0 N–H and O–H groups in total. The number of piperazine rings is 1. The minimum absolute atomic E-state index is 0.107. The summed E-state index contributed by atoms with van der Waals surface area (Å²) >= 11 is 0. The molecular weight excluding hydrogens is 351 g/mol. The highest BCUT2D eigenvalue weighted by Gasteiger charge is 2.26. The molecule has 0 radical (unpaired) electrons. The van der Waals surface area contributed by atoms with Crippen LogP contribution in [0, 0.1) is 5.82 Å². The van der Waals surface area contributed by atoms with E-state index in [0.717, 1.165) is 0 Å². The highest BCUT2D eigenvalue weighted by atomic mass is 19.1. The number of amides is 2. The monoisotopic (exact) mass is 370 g/mol. The molecular formula is C20H19FN2O4. The average molecular weight is 370 g/mol. The van der Waals surface area contributed by atoms with E-state index in [1.807, 2.05) is 0 Å². The van der Waals surface area contributed by atoms with Crippen molar-refractivity contribution in [3.8, 4) is 11.5 Å². The van der Waals surface area contributed by atoms with Gasteiger partial charge in [-0.3, -0.25) is 9.59 Å². The Hall–Kier alpha value is -3.09. The van der Waals surface area contributed by atoms with Gasteiger partial charge in [0.1, 0.15) is 19.0 Å². The fourth-order valence-electron chi connectivity index (χ4n) is 3.28. The van der Waals surface area contributed by atoms with E-state index in [2.05, 4.69) is 0 Å². The number of benzene rings is 2. The number of halogens is 1. The number of fused-ring (bicyclic) bond motifs is 1. The topological polar surface area (TPSA) is 59.1 Å². The van der Waals surface area contributed by atoms with Crippen molar-refractivity contribution in [1.82, 2.24) is 9.80 Å². The standard InChI is InChI=1S/C20H19FN2O4/c21-16-3-1-2-14(12-16)19(24)22-6-8-23(9-7-22)20(25)15-4-5-17-18(13-15)27-11-10-26-17/h1-5,12-13H,6-11H2. The molecule has 0 aromatic heterocycles. The zero-order valence-corrected chi connectivity index (χ0v) is 14.7. The lowest BCUT2D eigenvalue weighted by Gasteiger charge is -2.35. The van der Waals surface area contributed by atoms with E-state index in [0.29, 0.717) is 62.0 Å². The SMILES string of the molecule is O=C(c1cccc(F)c1)N1CCN(C(=O)c2ccc3c(c2)OCCO3)CC1. The molecule has 2 heterocycles. The first-order chi connectivity index (χ1) is 13.1. The number of nitrogens with zero attached hydrogens (tertiary/aromatic N) is 2. The number of hydrogen-bond donors (Lipinski definition) is 0. The minimum atomic E-state index is -0.437. The van der Waals surface area contributed by atoms with Gasteiger partial charge < -0.3 is 19.3 Å². The van der Waals surface area contributed by atoms with E-state index in [-0.39, 0.29) is 11.8 Å². The molecule has 140 valence electrons. The Morgan fingerprint density at radius 2 is 1.37 bits per heavy atom. The van der Waals surface area contributed by atoms with Gasteiger partial charge in [0.05, 0.1) is 0 Å². The molecule has 0 spiro atoms. The molecule has 2 aliphatic heterocycles. The molecule has 0 aliphatic carbocycles. The largest absolute Gasteiger partial charge is 0.486 e. The fourth-order valence-corrected chi connectivity index (χ4v) is 3.28. The van der Waals surface area contributed by atoms with Crippen molar-refractivity contribution in [2.45, 2.75) is 0 Å². The van der Waals surface area contributed by atoms with Gasteiger partial charge >= 0.3 is 0 Å². The van der Waals surface area contributed by atoms with Crippen molar-refractivity contribution in [3.63, 3.8) is 0 Å². The first-order valence-corrected chi connectivity index (χ1v) is 8.85. The third-order valence-corrected chi connectivity index (χ3v) is 4.71. The fraction of sp³-hybridized carbons (Fsp3) is 0.300. The third kappa shape index (κ3) is 3.58. The van der Waals surface area contributed by atoms with Crippen LogP contribution in [0.25, 0.3) is 0 Å². The summed E-state index contributed by atoms with van der Waals surface area (Å²) in [6.45, 7) is 2.63. The molecule has 7 heteroatoms. The molecule has 6 nitrogen and oxygen atoms in total. The summed E-state index contributed by atoms with van der Waals surface area (Å²) in [5, 5.41) is 0. The van der Waals surface area contributed by atoms with E-state index in [1.165, 1.54) is 18.2 Å². The first-order valence-electron chi connectivity index (χ1n) is 8.85. The smallest absolute Gasteiger partial charge is 0.254 e. The Morgan fingerprint density at radius 1 is 0.778 bits per heavy atom. The molecule has 1 fully saturated rings. The van der Waals surface area contributed by atoms with Crippen LogP contribution in [0.2, 0.25) is 0 Å². The lowest BCUT2D eigenvalue weighted by atomic mass is 10.1. The summed E-state index contributed by atoms with van der Waals surface area (Å²) in [6.07, 6.45) is 0. The second kappa shape index (κ2) is 7.26. The van der Waals surface area contributed by atoms with E-state index in [9.17, 15) is 14.0 Å². The van der Waals surface area contributed by atoms with Gasteiger partial charge in [-0.05, 0) is 36.4 Å². The Balaban J connectivity index is 1.40. The lowest BCUT2D eigenvalue weighted by molar-refractivity contribution is 0.0535. The Kier molecular flexibility index (Phi) is 4.66. The van der Waals surface area contributed by atoms with Gasteiger partial charge in [-0.1, -0.05) is 6.07 Å². The normalized spacial score (nSPS) is 16.2. The van der Waals surface area contributed by atoms with Crippen LogP contribution in [0.3, 0.4) is 0 Å². The summed E-state index contributed by atoms with van der Waals surface area (Å²) in [7, 11) is 0. The molecule has 1 saturated heterocycles. The van der Waals surface area contributed by atoms with Crippen molar-refractivity contribution in [3.05, 3.63) is 59.4 Å². The van der Waals surface area contributed by atoms with Crippen LogP contribution in [-0.4, -0.2) is 61.0 Å². The van der Waals surface area contributed by atoms with E-state index < -0.39 is 5.82 Å². The molecule has 4 rings (SSSR count). The quantitative estimate of drug-likeness (QED) is 0.813. The molecule has 0 saturated carbocycles. The predicted molar refractivity (Wildman–Crippen MR) is 95.6 cm³/mol. The molecule has 2 aliphatic rings. The molecule has 0 bridgehead atoms. The molecule has 2 aromatic rings. The Morgan fingerprint density at radius 3 is 2.00 bits per heavy atom. The third-order valence-electron chi connectivity index (χ3n) is 4.71. The van der Waals surface area contributed by atoms with Gasteiger partial charge in [-0.2, -0.15) is 0 Å². The second-order valence-electron chi connectivity index (χ2n) is 6.45. The Bertz CT molecular complexity index is 878. The number of carbonyl (C=O) groups is 2. The lowest BCUT2D eigenvalue weighted by Crippen LogP contribution is -2.50. The first kappa shape index (κ1) is 17.3. The van der Waals surface area contributed by atoms with Crippen LogP contribution >= 0.6 is 0 Å². The number of hydrogen-bond acceptors (Lipinski definition) is 4. The van der Waals surface area contributed by atoms with Gasteiger partial charge in [-0.25, -0.2) is 4.39 Å². The highest BCUT2D eigenvalue weighted by Crippen LogP contribution is 2.31. The van der Waals surface area contributed by atoms with Crippen LogP contribution in [0.1, 0.15) is 20.7 Å². The zero-order chi connectivity index (χ0) is 18.8. The van der Waals surface area contributed by atoms with Crippen LogP contribution in [-0.2, 0) is 0 Å². The van der Waals surface area contributed by atoms with Gasteiger partial charge in [0.2, 0.25) is 0 Å². The van der Waals surface area contributed by atoms with Crippen LogP contribution in [0.15, 0.2) is 42.5 Å². The summed E-state index contributed by atoms with van der Waals surface area (Å²) in [5.41, 5.74) is 0.853. The number of ether oxygens (including phenoxy) is 2. The van der Waals surface area contributed by atoms with E-state index in [4.69, 9.17) is 9.47 Å². The molecule has 0 unspecified atom stereocenters. The van der Waals surface area contributed by atoms with Gasteiger partial charge in [0.25, 0.3) is 11.8 Å². The summed E-state index contributed by atoms with van der Waals surface area (Å²) in [6, 6.07) is 10.8. The molecule has 27 heavy (non-hydrogen) atoms. The van der Waals surface area contributed by atoms with Crippen molar-refractivity contribution in [1.29, 1.82) is 0 Å². The second-order valence-corrected chi connectivity index (χ2v) is 6.45. The highest BCUT2D eigenvalue weighted by molar-refractivity contribution is 5.96. The van der Waals surface area contributed by atoms with Gasteiger partial charge in [-0.15, -0.1) is 0 Å². The van der Waals surface area contributed by atoms with Gasteiger partial charge in [0.15, 0.2) is 11.5 Å². The minimum Gasteiger partial charge on any atom is -0.486 e. The summed E-state index contributed by atoms with van der Waals surface area (Å²) in [5.74, 6) is 0.453. The number of carbonyl (C=O) groups excluding carboxylic acids is 2. The maximum Gasteiger partial charge on any atom is 0.254 e. The van der Waals surface area contributed by atoms with Crippen molar-refractivity contribution in [2.24, 2.45) is 0 Å². The van der Waals surface area contributed by atoms with Gasteiger partial charge in [0, 0.05) is 37.3 Å². The average Bonchev–Trinajstić information content (AvgIpc) is 2.72. The van der Waals surface area contributed by atoms with E-state index >= 15 is 0 Å². The zero-order valence-electron chi connectivity index (χ0n) is 14.7. The predicted octanol–water partition coefficient (Wildman–Crippen LogP) is 2.20. The molecule has 0 atom stereocenters. The molecule has 2 amide bonds. The van der Waals surface area contributed by atoms with Crippen molar-refractivity contribution < 1.29 is 23.5 Å². The van der Waals surface area contributed by atoms with Crippen LogP contribution in [0.4, 0.5) is 4.39 Å². The van der Waals surface area contributed by atoms with Crippen molar-refractivity contribution >= 4 is 11.8 Å². The maximum absolute atomic E-state index is 13.3. The Labute approximate surface area is 156 Å². The van der Waals surface area contributed by atoms with Crippen LogP contribution < -0.4 is 9.47 Å². The maximum atomic E-state index is 13.3. The summed E-state index contributed by atoms with van der Waals surface area (Å²) in [4.78, 5) is 28.6. The number of rotatable bonds is 2. The van der Waals surface area contributed by atoms with Crippen LogP contribution in [0.5, 0.6) is 11.5 Å². The van der Waals surface area contributed by atoms with E-state index in [1.54, 1.807) is 34.1 Å².